The second-order valence-corrected chi connectivity index (χ2v) is 6.03. The maximum absolute atomic E-state index is 12.3. The van der Waals surface area contributed by atoms with Crippen LogP contribution in [0, 0.1) is 12.8 Å². The minimum absolute atomic E-state index is 0.0654. The van der Waals surface area contributed by atoms with E-state index in [1.807, 2.05) is 13.0 Å². The Labute approximate surface area is 139 Å². The number of aromatic nitrogens is 1. The SMILES string of the molecule is Cc1ccc(NC(=O)[C@H]2CC(=O)N(c3ccc(Cl)cc3)C2)nc1. The fourth-order valence-corrected chi connectivity index (χ4v) is 2.65. The number of rotatable bonds is 3. The Morgan fingerprint density at radius 3 is 2.65 bits per heavy atom. The zero-order valence-electron chi connectivity index (χ0n) is 12.6. The van der Waals surface area contributed by atoms with Crippen LogP contribution in [0.4, 0.5) is 11.5 Å². The highest BCUT2D eigenvalue weighted by Gasteiger charge is 2.35. The first-order valence-electron chi connectivity index (χ1n) is 7.32. The summed E-state index contributed by atoms with van der Waals surface area (Å²) in [5.74, 6) is -0.144. The molecule has 0 unspecified atom stereocenters. The van der Waals surface area contributed by atoms with Crippen molar-refractivity contribution in [3.8, 4) is 0 Å². The van der Waals surface area contributed by atoms with Gasteiger partial charge in [0.15, 0.2) is 0 Å². The van der Waals surface area contributed by atoms with E-state index in [2.05, 4.69) is 10.3 Å². The van der Waals surface area contributed by atoms with E-state index in [4.69, 9.17) is 11.6 Å². The lowest BCUT2D eigenvalue weighted by molar-refractivity contribution is -0.122. The normalized spacial score (nSPS) is 17.4. The molecule has 23 heavy (non-hydrogen) atoms. The molecule has 6 heteroatoms. The topological polar surface area (TPSA) is 62.3 Å². The molecule has 5 nitrogen and oxygen atoms in total. The number of halogens is 1. The van der Waals surface area contributed by atoms with E-state index in [0.717, 1.165) is 11.3 Å². The van der Waals surface area contributed by atoms with Gasteiger partial charge in [-0.05, 0) is 42.8 Å². The molecule has 1 aromatic carbocycles. The zero-order chi connectivity index (χ0) is 16.4. The minimum atomic E-state index is -0.388. The van der Waals surface area contributed by atoms with Crippen LogP contribution in [0.15, 0.2) is 42.6 Å². The molecule has 1 N–H and O–H groups in total. The van der Waals surface area contributed by atoms with Gasteiger partial charge in [0.1, 0.15) is 5.82 Å². The van der Waals surface area contributed by atoms with Crippen LogP contribution in [0.1, 0.15) is 12.0 Å². The van der Waals surface area contributed by atoms with Gasteiger partial charge >= 0.3 is 0 Å². The largest absolute Gasteiger partial charge is 0.312 e. The third-order valence-corrected chi connectivity index (χ3v) is 4.05. The fraction of sp³-hybridized carbons (Fsp3) is 0.235. The summed E-state index contributed by atoms with van der Waals surface area (Å²) in [7, 11) is 0. The smallest absolute Gasteiger partial charge is 0.230 e. The van der Waals surface area contributed by atoms with Gasteiger partial charge in [-0.25, -0.2) is 4.98 Å². The van der Waals surface area contributed by atoms with Crippen molar-refractivity contribution >= 4 is 34.9 Å². The predicted molar refractivity (Wildman–Crippen MR) is 89.5 cm³/mol. The Kier molecular flexibility index (Phi) is 4.30. The molecule has 0 aliphatic carbocycles. The maximum Gasteiger partial charge on any atom is 0.230 e. The van der Waals surface area contributed by atoms with E-state index >= 15 is 0 Å². The lowest BCUT2D eigenvalue weighted by Gasteiger charge is -2.16. The molecule has 0 bridgehead atoms. The molecule has 0 spiro atoms. The summed E-state index contributed by atoms with van der Waals surface area (Å²) in [6, 6.07) is 10.6. The molecule has 1 saturated heterocycles. The van der Waals surface area contributed by atoms with Gasteiger partial charge in [-0.1, -0.05) is 17.7 Å². The second-order valence-electron chi connectivity index (χ2n) is 5.59. The summed E-state index contributed by atoms with van der Waals surface area (Å²) in [6.07, 6.45) is 1.88. The van der Waals surface area contributed by atoms with E-state index in [0.29, 0.717) is 17.4 Å². The molecule has 118 valence electrons. The molecule has 2 aromatic rings. The second kappa shape index (κ2) is 6.38. The van der Waals surface area contributed by atoms with Crippen molar-refractivity contribution in [2.45, 2.75) is 13.3 Å². The Balaban J connectivity index is 1.68. The minimum Gasteiger partial charge on any atom is -0.312 e. The first-order valence-corrected chi connectivity index (χ1v) is 7.70. The number of hydrogen-bond donors (Lipinski definition) is 1. The molecule has 2 heterocycles. The van der Waals surface area contributed by atoms with Crippen molar-refractivity contribution in [2.24, 2.45) is 5.92 Å². The van der Waals surface area contributed by atoms with Gasteiger partial charge in [-0.2, -0.15) is 0 Å². The van der Waals surface area contributed by atoms with E-state index in [1.165, 1.54) is 0 Å². The molecule has 0 saturated carbocycles. The maximum atomic E-state index is 12.3. The highest BCUT2D eigenvalue weighted by Crippen LogP contribution is 2.27. The number of hydrogen-bond acceptors (Lipinski definition) is 3. The number of carbonyl (C=O) groups excluding carboxylic acids is 2. The van der Waals surface area contributed by atoms with Gasteiger partial charge in [0.2, 0.25) is 11.8 Å². The molecule has 1 atom stereocenters. The van der Waals surface area contributed by atoms with E-state index in [-0.39, 0.29) is 24.2 Å². The first kappa shape index (κ1) is 15.5. The number of nitrogens with zero attached hydrogens (tertiary/aromatic N) is 2. The van der Waals surface area contributed by atoms with Gasteiger partial charge in [0, 0.05) is 29.9 Å². The van der Waals surface area contributed by atoms with Gasteiger partial charge in [-0.15, -0.1) is 0 Å². The number of anilines is 2. The summed E-state index contributed by atoms with van der Waals surface area (Å²) in [6.45, 7) is 2.29. The van der Waals surface area contributed by atoms with Crippen molar-refractivity contribution in [3.63, 3.8) is 0 Å². The summed E-state index contributed by atoms with van der Waals surface area (Å²) in [5.41, 5.74) is 1.77. The van der Waals surface area contributed by atoms with Crippen molar-refractivity contribution in [1.29, 1.82) is 0 Å². The Morgan fingerprint density at radius 1 is 1.26 bits per heavy atom. The van der Waals surface area contributed by atoms with Crippen LogP contribution in [-0.4, -0.2) is 23.3 Å². The highest BCUT2D eigenvalue weighted by atomic mass is 35.5. The third-order valence-electron chi connectivity index (χ3n) is 3.80. The van der Waals surface area contributed by atoms with Crippen LogP contribution in [0.5, 0.6) is 0 Å². The molecule has 0 radical (unpaired) electrons. The van der Waals surface area contributed by atoms with Crippen molar-refractivity contribution in [3.05, 3.63) is 53.2 Å². The van der Waals surface area contributed by atoms with Crippen LogP contribution >= 0.6 is 11.6 Å². The Bertz CT molecular complexity index is 729. The van der Waals surface area contributed by atoms with Crippen molar-refractivity contribution in [2.75, 3.05) is 16.8 Å². The van der Waals surface area contributed by atoms with Crippen LogP contribution in [0.3, 0.4) is 0 Å². The lowest BCUT2D eigenvalue weighted by Crippen LogP contribution is -2.28. The number of amides is 2. The monoisotopic (exact) mass is 329 g/mol. The van der Waals surface area contributed by atoms with Gasteiger partial charge in [-0.3, -0.25) is 9.59 Å². The van der Waals surface area contributed by atoms with Crippen LogP contribution in [0.2, 0.25) is 5.02 Å². The number of carbonyl (C=O) groups is 2. The van der Waals surface area contributed by atoms with E-state index in [1.54, 1.807) is 41.4 Å². The van der Waals surface area contributed by atoms with Gasteiger partial charge in [0.25, 0.3) is 0 Å². The van der Waals surface area contributed by atoms with Crippen LogP contribution in [0.25, 0.3) is 0 Å². The number of benzene rings is 1. The molecule has 1 aromatic heterocycles. The standard InChI is InChI=1S/C17H16ClN3O2/c1-11-2-7-15(19-9-11)20-17(23)12-8-16(22)21(10-12)14-5-3-13(18)4-6-14/h2-7,9,12H,8,10H2,1H3,(H,19,20,23)/t12-/m0/s1. The molecular weight excluding hydrogens is 314 g/mol. The Hall–Kier alpha value is -2.40. The summed E-state index contributed by atoms with van der Waals surface area (Å²) in [5, 5.41) is 3.37. The third kappa shape index (κ3) is 3.51. The molecule has 2 amide bonds. The number of pyridine rings is 1. The van der Waals surface area contributed by atoms with Crippen LogP contribution in [-0.2, 0) is 9.59 Å². The fourth-order valence-electron chi connectivity index (χ4n) is 2.52. The van der Waals surface area contributed by atoms with Gasteiger partial charge in [0.05, 0.1) is 5.92 Å². The molecule has 3 rings (SSSR count). The summed E-state index contributed by atoms with van der Waals surface area (Å²) < 4.78 is 0. The highest BCUT2D eigenvalue weighted by molar-refractivity contribution is 6.30. The molecular formula is C17H16ClN3O2. The quantitative estimate of drug-likeness (QED) is 0.941. The molecule has 1 fully saturated rings. The van der Waals surface area contributed by atoms with Crippen molar-refractivity contribution < 1.29 is 9.59 Å². The number of aryl methyl sites for hydroxylation is 1. The van der Waals surface area contributed by atoms with Gasteiger partial charge < -0.3 is 10.2 Å². The summed E-state index contributed by atoms with van der Waals surface area (Å²) >= 11 is 5.86. The lowest BCUT2D eigenvalue weighted by atomic mass is 10.1. The Morgan fingerprint density at radius 2 is 2.00 bits per heavy atom. The van der Waals surface area contributed by atoms with Crippen LogP contribution < -0.4 is 10.2 Å². The molecule has 1 aliphatic rings. The zero-order valence-corrected chi connectivity index (χ0v) is 13.4. The summed E-state index contributed by atoms with van der Waals surface area (Å²) in [4.78, 5) is 30.3. The first-order chi connectivity index (χ1) is 11.0. The predicted octanol–water partition coefficient (Wildman–Crippen LogP) is 3.04. The average Bonchev–Trinajstić information content (AvgIpc) is 2.92. The van der Waals surface area contributed by atoms with E-state index < -0.39 is 0 Å². The molecule has 1 aliphatic heterocycles. The average molecular weight is 330 g/mol. The number of nitrogens with one attached hydrogen (secondary N) is 1. The van der Waals surface area contributed by atoms with Crippen molar-refractivity contribution in [1.82, 2.24) is 4.98 Å². The van der Waals surface area contributed by atoms with E-state index in [9.17, 15) is 9.59 Å².